The summed E-state index contributed by atoms with van der Waals surface area (Å²) in [5.41, 5.74) is 9.20. The van der Waals surface area contributed by atoms with E-state index in [-0.39, 0.29) is 25.8 Å². The van der Waals surface area contributed by atoms with Crippen LogP contribution < -0.4 is 16.4 Å². The number of urea groups is 1. The number of carbonyl (C=O) groups excluding carboxylic acids is 3. The number of likely N-dealkylation sites (tertiary alicyclic amines) is 1. The highest BCUT2D eigenvalue weighted by atomic mass is 16.2. The van der Waals surface area contributed by atoms with Gasteiger partial charge in [-0.1, -0.05) is 68.1 Å². The first-order valence-electron chi connectivity index (χ1n) is 11.5. The molecule has 1 aliphatic heterocycles. The summed E-state index contributed by atoms with van der Waals surface area (Å²) in [5.74, 6) is -0.968. The number of primary amides is 1. The van der Waals surface area contributed by atoms with E-state index in [1.54, 1.807) is 0 Å². The summed E-state index contributed by atoms with van der Waals surface area (Å²) in [6.45, 7) is 4.34. The van der Waals surface area contributed by atoms with E-state index in [4.69, 9.17) is 5.73 Å². The Kier molecular flexibility index (Phi) is 8.12. The van der Waals surface area contributed by atoms with Crippen LogP contribution in [0.1, 0.15) is 37.0 Å². The van der Waals surface area contributed by atoms with Gasteiger partial charge in [-0.05, 0) is 54.2 Å². The van der Waals surface area contributed by atoms with Crippen LogP contribution >= 0.6 is 0 Å². The Bertz CT molecular complexity index is 1220. The highest BCUT2D eigenvalue weighted by molar-refractivity contribution is 5.96. The maximum absolute atomic E-state index is 13.1. The average molecular weight is 475 g/mol. The lowest BCUT2D eigenvalue weighted by Gasteiger charge is -2.26. The molecule has 0 spiro atoms. The number of hydrogen-bond donors (Lipinski definition) is 3. The van der Waals surface area contributed by atoms with Gasteiger partial charge in [0.15, 0.2) is 0 Å². The monoisotopic (exact) mass is 474 g/mol. The van der Waals surface area contributed by atoms with Crippen LogP contribution in [-0.4, -0.2) is 41.4 Å². The third-order valence-corrected chi connectivity index (χ3v) is 6.44. The number of hydrogen-bond acceptors (Lipinski definition) is 3. The summed E-state index contributed by atoms with van der Waals surface area (Å²) in [6, 6.07) is 17.8. The molecular weight excluding hydrogens is 440 g/mol. The van der Waals surface area contributed by atoms with Crippen molar-refractivity contribution < 1.29 is 14.4 Å². The highest BCUT2D eigenvalue weighted by Gasteiger charge is 2.36. The third-order valence-electron chi connectivity index (χ3n) is 6.44. The van der Waals surface area contributed by atoms with Crippen molar-refractivity contribution in [3.63, 3.8) is 0 Å². The summed E-state index contributed by atoms with van der Waals surface area (Å²) >= 11 is 0. The van der Waals surface area contributed by atoms with Gasteiger partial charge in [0, 0.05) is 18.7 Å². The van der Waals surface area contributed by atoms with E-state index in [0.717, 1.165) is 33.2 Å². The van der Waals surface area contributed by atoms with Crippen LogP contribution in [0.5, 0.6) is 0 Å². The second-order valence-electron chi connectivity index (χ2n) is 8.90. The quantitative estimate of drug-likeness (QED) is 0.496. The number of fused-ring (bicyclic) bond motifs is 1. The molecule has 7 nitrogen and oxygen atoms in total. The van der Waals surface area contributed by atoms with E-state index in [9.17, 15) is 14.4 Å². The van der Waals surface area contributed by atoms with Crippen LogP contribution in [-0.2, 0) is 16.0 Å². The van der Waals surface area contributed by atoms with E-state index in [1.165, 1.54) is 4.90 Å². The van der Waals surface area contributed by atoms with Gasteiger partial charge >= 0.3 is 6.03 Å². The minimum atomic E-state index is -0.863. The van der Waals surface area contributed by atoms with Gasteiger partial charge in [0.25, 0.3) is 0 Å². The van der Waals surface area contributed by atoms with Crippen LogP contribution in [0.2, 0.25) is 0 Å². The van der Waals surface area contributed by atoms with Gasteiger partial charge in [-0.2, -0.15) is 0 Å². The number of carbonyl (C=O) groups is 3. The lowest BCUT2D eigenvalue weighted by atomic mass is 10.0. The first kappa shape index (κ1) is 25.7. The van der Waals surface area contributed by atoms with Gasteiger partial charge in [0.2, 0.25) is 11.8 Å². The van der Waals surface area contributed by atoms with Crippen molar-refractivity contribution in [1.29, 1.82) is 0 Å². The zero-order chi connectivity index (χ0) is 24.2. The number of amides is 4. The standard InChI is InChI=1S/C27H30N4O3.CH4/c1-17-7-5-8-18(2)24(17)30-27(34)31-14-6-11-23(31)26(33)29-22(25(28)32)16-19-12-13-20-9-3-4-10-21(20)15-19;/h3-5,7-10,12-13,15,22-23H,6,11,14,16H2,1-2H3,(H2,28,32)(H,29,33)(H,30,34);1H4/t22-,23-;/m0./s1. The summed E-state index contributed by atoms with van der Waals surface area (Å²) in [5, 5.41) is 7.90. The van der Waals surface area contributed by atoms with Crippen LogP contribution in [0.4, 0.5) is 10.5 Å². The molecule has 1 heterocycles. The fourth-order valence-electron chi connectivity index (χ4n) is 4.56. The highest BCUT2D eigenvalue weighted by Crippen LogP contribution is 2.23. The zero-order valence-corrected chi connectivity index (χ0v) is 19.5. The van der Waals surface area contributed by atoms with Gasteiger partial charge < -0.3 is 21.3 Å². The largest absolute Gasteiger partial charge is 0.368 e. The second-order valence-corrected chi connectivity index (χ2v) is 8.90. The molecule has 4 N–H and O–H groups in total. The molecule has 4 amide bonds. The van der Waals surface area contributed by atoms with Crippen LogP contribution in [0.15, 0.2) is 60.7 Å². The molecule has 184 valence electrons. The molecule has 1 aliphatic rings. The number of nitrogens with zero attached hydrogens (tertiary/aromatic N) is 1. The fraction of sp³-hybridized carbons (Fsp3) is 0.321. The second kappa shape index (κ2) is 11.0. The summed E-state index contributed by atoms with van der Waals surface area (Å²) in [7, 11) is 0. The molecule has 1 fully saturated rings. The molecule has 3 aromatic rings. The van der Waals surface area contributed by atoms with Crippen molar-refractivity contribution in [2.45, 2.75) is 52.6 Å². The minimum absolute atomic E-state index is 0. The van der Waals surface area contributed by atoms with Crippen molar-refractivity contribution in [3.8, 4) is 0 Å². The van der Waals surface area contributed by atoms with Crippen molar-refractivity contribution >= 4 is 34.3 Å². The maximum Gasteiger partial charge on any atom is 0.322 e. The van der Waals surface area contributed by atoms with Crippen LogP contribution in [0.25, 0.3) is 10.8 Å². The van der Waals surface area contributed by atoms with Crippen molar-refractivity contribution in [2.75, 3.05) is 11.9 Å². The van der Waals surface area contributed by atoms with Crippen molar-refractivity contribution in [2.24, 2.45) is 5.73 Å². The van der Waals surface area contributed by atoms with E-state index in [0.29, 0.717) is 19.4 Å². The van der Waals surface area contributed by atoms with E-state index < -0.39 is 18.0 Å². The Morgan fingerprint density at radius 2 is 1.69 bits per heavy atom. The summed E-state index contributed by atoms with van der Waals surface area (Å²) < 4.78 is 0. The molecule has 1 saturated heterocycles. The molecule has 0 unspecified atom stereocenters. The SMILES string of the molecule is C.Cc1cccc(C)c1NC(=O)N1CCC[C@H]1C(=O)N[C@@H](Cc1ccc2ccccc2c1)C(N)=O. The first-order chi connectivity index (χ1) is 16.3. The molecule has 0 saturated carbocycles. The van der Waals surface area contributed by atoms with Gasteiger partial charge in [-0.3, -0.25) is 9.59 Å². The number of para-hydroxylation sites is 1. The Balaban J connectivity index is 0.00000342. The molecule has 4 rings (SSSR count). The predicted molar refractivity (Wildman–Crippen MR) is 140 cm³/mol. The lowest BCUT2D eigenvalue weighted by Crippen LogP contribution is -2.53. The number of nitrogens with one attached hydrogen (secondary N) is 2. The number of aryl methyl sites for hydroxylation is 2. The van der Waals surface area contributed by atoms with Crippen LogP contribution in [0.3, 0.4) is 0 Å². The van der Waals surface area contributed by atoms with Gasteiger partial charge in [0.1, 0.15) is 12.1 Å². The zero-order valence-electron chi connectivity index (χ0n) is 19.5. The van der Waals surface area contributed by atoms with Crippen molar-refractivity contribution in [3.05, 3.63) is 77.4 Å². The lowest BCUT2D eigenvalue weighted by molar-refractivity contribution is -0.129. The van der Waals surface area contributed by atoms with E-state index >= 15 is 0 Å². The smallest absolute Gasteiger partial charge is 0.322 e. The molecular formula is C28H34N4O3. The molecule has 3 aromatic carbocycles. The van der Waals surface area contributed by atoms with Crippen molar-refractivity contribution in [1.82, 2.24) is 10.2 Å². The molecule has 0 bridgehead atoms. The minimum Gasteiger partial charge on any atom is -0.368 e. The first-order valence-corrected chi connectivity index (χ1v) is 11.5. The summed E-state index contributed by atoms with van der Waals surface area (Å²) in [4.78, 5) is 39.8. The molecule has 2 atom stereocenters. The van der Waals surface area contributed by atoms with Crippen LogP contribution in [0, 0.1) is 13.8 Å². The third kappa shape index (κ3) is 5.80. The van der Waals surface area contributed by atoms with Gasteiger partial charge in [-0.25, -0.2) is 4.79 Å². The Hall–Kier alpha value is -3.87. The Labute approximate surface area is 206 Å². The number of benzene rings is 3. The molecule has 35 heavy (non-hydrogen) atoms. The van der Waals surface area contributed by atoms with Gasteiger partial charge in [-0.15, -0.1) is 0 Å². The Morgan fingerprint density at radius 3 is 2.37 bits per heavy atom. The molecule has 0 aliphatic carbocycles. The van der Waals surface area contributed by atoms with E-state index in [2.05, 4.69) is 10.6 Å². The molecule has 0 radical (unpaired) electrons. The molecule has 7 heteroatoms. The topological polar surface area (TPSA) is 105 Å². The maximum atomic E-state index is 13.1. The fourth-order valence-corrected chi connectivity index (χ4v) is 4.56. The van der Waals surface area contributed by atoms with E-state index in [1.807, 2.05) is 74.5 Å². The number of anilines is 1. The molecule has 0 aromatic heterocycles. The number of rotatable bonds is 6. The summed E-state index contributed by atoms with van der Waals surface area (Å²) in [6.07, 6.45) is 1.53. The van der Waals surface area contributed by atoms with Gasteiger partial charge in [0.05, 0.1) is 0 Å². The Morgan fingerprint density at radius 1 is 1.00 bits per heavy atom. The predicted octanol–water partition coefficient (Wildman–Crippen LogP) is 4.30. The number of nitrogens with two attached hydrogens (primary N) is 1. The average Bonchev–Trinajstić information content (AvgIpc) is 3.31. The normalized spacial score (nSPS) is 15.8.